The van der Waals surface area contributed by atoms with E-state index in [9.17, 15) is 4.79 Å². The summed E-state index contributed by atoms with van der Waals surface area (Å²) in [6.45, 7) is 4.96. The van der Waals surface area contributed by atoms with E-state index in [4.69, 9.17) is 5.11 Å². The van der Waals surface area contributed by atoms with Crippen molar-refractivity contribution in [3.05, 3.63) is 24.5 Å². The van der Waals surface area contributed by atoms with Crippen molar-refractivity contribution in [3.8, 4) is 0 Å². The van der Waals surface area contributed by atoms with Crippen molar-refractivity contribution in [2.45, 2.75) is 45.1 Å². The molecule has 2 amide bonds. The van der Waals surface area contributed by atoms with E-state index in [0.717, 1.165) is 38.8 Å². The van der Waals surface area contributed by atoms with Gasteiger partial charge in [-0.1, -0.05) is 6.92 Å². The lowest BCUT2D eigenvalue weighted by atomic mass is 9.93. The molecule has 2 heterocycles. The first-order valence-corrected chi connectivity index (χ1v) is 9.03. The molecule has 0 bridgehead atoms. The van der Waals surface area contributed by atoms with Crippen molar-refractivity contribution in [3.63, 3.8) is 0 Å². The van der Waals surface area contributed by atoms with Gasteiger partial charge in [0.15, 0.2) is 0 Å². The first-order valence-electron chi connectivity index (χ1n) is 9.03. The lowest BCUT2D eigenvalue weighted by Crippen LogP contribution is -2.43. The van der Waals surface area contributed by atoms with Crippen LogP contribution < -0.4 is 15.5 Å². The number of urea groups is 1. The zero-order valence-electron chi connectivity index (χ0n) is 14.6. The number of hydrogen-bond acceptors (Lipinski definition) is 4. The Hall–Kier alpha value is -1.82. The Bertz CT molecular complexity index is 475. The van der Waals surface area contributed by atoms with E-state index >= 15 is 0 Å². The van der Waals surface area contributed by atoms with Gasteiger partial charge < -0.3 is 20.6 Å². The first kappa shape index (κ1) is 18.5. The van der Waals surface area contributed by atoms with E-state index in [-0.39, 0.29) is 18.7 Å². The maximum Gasteiger partial charge on any atom is 0.315 e. The first-order chi connectivity index (χ1) is 11.7. The fourth-order valence-electron chi connectivity index (χ4n) is 3.20. The van der Waals surface area contributed by atoms with Crippen LogP contribution in [0.2, 0.25) is 0 Å². The highest BCUT2D eigenvalue weighted by molar-refractivity contribution is 5.74. The standard InChI is InChI=1S/C18H30N4O2/c1-2-16(8-14-23)21-18(24)20-11-3-15-6-12-22(13-7-15)17-4-9-19-10-5-17/h4-5,9-10,15-16,23H,2-3,6-8,11-14H2,1H3,(H2,20,21,24). The van der Waals surface area contributed by atoms with Crippen molar-refractivity contribution in [1.29, 1.82) is 0 Å². The third-order valence-electron chi connectivity index (χ3n) is 4.79. The van der Waals surface area contributed by atoms with Gasteiger partial charge in [0.2, 0.25) is 0 Å². The summed E-state index contributed by atoms with van der Waals surface area (Å²) in [5.41, 5.74) is 1.25. The molecule has 1 saturated heterocycles. The lowest BCUT2D eigenvalue weighted by molar-refractivity contribution is 0.227. The maximum absolute atomic E-state index is 11.8. The predicted octanol–water partition coefficient (Wildman–Crippen LogP) is 2.15. The van der Waals surface area contributed by atoms with Crippen LogP contribution in [0.1, 0.15) is 39.0 Å². The molecule has 1 atom stereocenters. The van der Waals surface area contributed by atoms with Crippen LogP contribution >= 0.6 is 0 Å². The average Bonchev–Trinajstić information content (AvgIpc) is 2.62. The van der Waals surface area contributed by atoms with E-state index in [1.807, 2.05) is 19.3 Å². The van der Waals surface area contributed by atoms with E-state index in [0.29, 0.717) is 18.9 Å². The largest absolute Gasteiger partial charge is 0.396 e. The van der Waals surface area contributed by atoms with Crippen LogP contribution in [0.4, 0.5) is 10.5 Å². The average molecular weight is 334 g/mol. The van der Waals surface area contributed by atoms with E-state index < -0.39 is 0 Å². The Kier molecular flexibility index (Phi) is 7.82. The Balaban J connectivity index is 1.61. The van der Waals surface area contributed by atoms with Crippen LogP contribution in [0.15, 0.2) is 24.5 Å². The van der Waals surface area contributed by atoms with Gasteiger partial charge in [0.1, 0.15) is 0 Å². The number of anilines is 1. The van der Waals surface area contributed by atoms with E-state index in [1.54, 1.807) is 0 Å². The minimum atomic E-state index is -0.121. The number of aromatic nitrogens is 1. The Morgan fingerprint density at radius 3 is 2.71 bits per heavy atom. The van der Waals surface area contributed by atoms with Crippen molar-refractivity contribution in [2.75, 3.05) is 31.1 Å². The summed E-state index contributed by atoms with van der Waals surface area (Å²) in [5.74, 6) is 0.669. The van der Waals surface area contributed by atoms with Crippen molar-refractivity contribution in [1.82, 2.24) is 15.6 Å². The second-order valence-electron chi connectivity index (χ2n) is 6.44. The van der Waals surface area contributed by atoms with Crippen LogP contribution in [-0.4, -0.2) is 48.4 Å². The van der Waals surface area contributed by atoms with Crippen LogP contribution in [0.5, 0.6) is 0 Å². The molecule has 0 aliphatic carbocycles. The zero-order valence-corrected chi connectivity index (χ0v) is 14.6. The van der Waals surface area contributed by atoms with E-state index in [2.05, 4.69) is 32.7 Å². The summed E-state index contributed by atoms with van der Waals surface area (Å²) in [4.78, 5) is 18.3. The molecule has 1 unspecified atom stereocenters. The molecule has 3 N–H and O–H groups in total. The molecule has 1 aromatic heterocycles. The van der Waals surface area contributed by atoms with Gasteiger partial charge in [-0.05, 0) is 50.2 Å². The Morgan fingerprint density at radius 1 is 1.38 bits per heavy atom. The highest BCUT2D eigenvalue weighted by atomic mass is 16.3. The maximum atomic E-state index is 11.8. The summed E-state index contributed by atoms with van der Waals surface area (Å²) >= 11 is 0. The molecule has 24 heavy (non-hydrogen) atoms. The van der Waals surface area contributed by atoms with Crippen molar-refractivity contribution < 1.29 is 9.90 Å². The lowest BCUT2D eigenvalue weighted by Gasteiger charge is -2.33. The summed E-state index contributed by atoms with van der Waals surface area (Å²) in [7, 11) is 0. The highest BCUT2D eigenvalue weighted by Gasteiger charge is 2.19. The highest BCUT2D eigenvalue weighted by Crippen LogP contribution is 2.24. The number of aliphatic hydroxyl groups is 1. The summed E-state index contributed by atoms with van der Waals surface area (Å²) in [5, 5.41) is 14.8. The number of hydrogen-bond donors (Lipinski definition) is 3. The van der Waals surface area contributed by atoms with Gasteiger partial charge >= 0.3 is 6.03 Å². The molecule has 0 aromatic carbocycles. The molecule has 0 saturated carbocycles. The minimum absolute atomic E-state index is 0.0543. The number of amides is 2. The van der Waals surface area contributed by atoms with Crippen LogP contribution in [0, 0.1) is 5.92 Å². The number of carbonyl (C=O) groups excluding carboxylic acids is 1. The minimum Gasteiger partial charge on any atom is -0.396 e. The quantitative estimate of drug-likeness (QED) is 0.681. The fraction of sp³-hybridized carbons (Fsp3) is 0.667. The monoisotopic (exact) mass is 334 g/mol. The van der Waals surface area contributed by atoms with Gasteiger partial charge in [-0.3, -0.25) is 4.98 Å². The number of nitrogens with one attached hydrogen (secondary N) is 2. The van der Waals surface area contributed by atoms with Crippen LogP contribution in [0.3, 0.4) is 0 Å². The van der Waals surface area contributed by atoms with Crippen molar-refractivity contribution in [2.24, 2.45) is 5.92 Å². The molecule has 1 fully saturated rings. The van der Waals surface area contributed by atoms with E-state index in [1.165, 1.54) is 5.69 Å². The second-order valence-corrected chi connectivity index (χ2v) is 6.44. The molecule has 0 radical (unpaired) electrons. The van der Waals surface area contributed by atoms with Gasteiger partial charge in [0.25, 0.3) is 0 Å². The smallest absolute Gasteiger partial charge is 0.315 e. The van der Waals surface area contributed by atoms with Crippen molar-refractivity contribution >= 4 is 11.7 Å². The number of pyridine rings is 1. The summed E-state index contributed by atoms with van der Waals surface area (Å²) in [6, 6.07) is 4.05. The third kappa shape index (κ3) is 6.00. The number of carbonyl (C=O) groups is 1. The SMILES string of the molecule is CCC(CCO)NC(=O)NCCC1CCN(c2ccncc2)CC1. The number of rotatable bonds is 8. The van der Waals surface area contributed by atoms with Gasteiger partial charge in [-0.2, -0.15) is 0 Å². The molecule has 134 valence electrons. The van der Waals surface area contributed by atoms with Crippen LogP contribution in [-0.2, 0) is 0 Å². The van der Waals surface area contributed by atoms with Gasteiger partial charge in [-0.15, -0.1) is 0 Å². The molecule has 6 heteroatoms. The Morgan fingerprint density at radius 2 is 2.08 bits per heavy atom. The molecular formula is C18H30N4O2. The molecule has 6 nitrogen and oxygen atoms in total. The second kappa shape index (κ2) is 10.1. The zero-order chi connectivity index (χ0) is 17.2. The van der Waals surface area contributed by atoms with Gasteiger partial charge in [0.05, 0.1) is 0 Å². The molecule has 0 spiro atoms. The number of aliphatic hydroxyl groups excluding tert-OH is 1. The van der Waals surface area contributed by atoms with Crippen LogP contribution in [0.25, 0.3) is 0 Å². The summed E-state index contributed by atoms with van der Waals surface area (Å²) < 4.78 is 0. The molecule has 1 aromatic rings. The molecule has 2 rings (SSSR count). The number of nitrogens with zero attached hydrogens (tertiary/aromatic N) is 2. The molecule has 1 aliphatic heterocycles. The number of piperidine rings is 1. The van der Waals surface area contributed by atoms with Gasteiger partial charge in [-0.25, -0.2) is 4.79 Å². The Labute approximate surface area is 144 Å². The van der Waals surface area contributed by atoms with Gasteiger partial charge in [0, 0.05) is 50.4 Å². The predicted molar refractivity (Wildman–Crippen MR) is 96.1 cm³/mol. The summed E-state index contributed by atoms with van der Waals surface area (Å²) in [6.07, 6.45) is 8.46. The third-order valence-corrected chi connectivity index (χ3v) is 4.79. The normalized spacial score (nSPS) is 16.7. The topological polar surface area (TPSA) is 77.5 Å². The molecular weight excluding hydrogens is 304 g/mol. The molecule has 1 aliphatic rings. The fourth-order valence-corrected chi connectivity index (χ4v) is 3.20.